The van der Waals surface area contributed by atoms with E-state index in [1.165, 1.54) is 4.90 Å². The molecule has 3 N–H and O–H groups in total. The molecule has 0 spiro atoms. The van der Waals surface area contributed by atoms with Crippen LogP contribution in [0.4, 0.5) is 4.79 Å². The van der Waals surface area contributed by atoms with E-state index in [9.17, 15) is 13.2 Å². The summed E-state index contributed by atoms with van der Waals surface area (Å²) < 4.78 is 40.3. The predicted molar refractivity (Wildman–Crippen MR) is 78.8 cm³/mol. The molecule has 3 aliphatic rings. The molecule has 3 fully saturated rings. The largest absolute Gasteiger partial charge is 0.418 e. The molecular weight excluding hydrogens is 328 g/mol. The Balaban J connectivity index is 1.66. The fourth-order valence-electron chi connectivity index (χ4n) is 3.24. The number of piperidine rings is 1. The topological polar surface area (TPSA) is 135 Å². The van der Waals surface area contributed by atoms with E-state index in [0.717, 1.165) is 19.4 Å². The molecule has 11 heteroatoms. The summed E-state index contributed by atoms with van der Waals surface area (Å²) in [6.07, 6.45) is 3.10. The highest BCUT2D eigenvalue weighted by atomic mass is 32.3. The average molecular weight is 348 g/mol. The molecule has 0 aromatic heterocycles. The van der Waals surface area contributed by atoms with Gasteiger partial charge in [0.05, 0.1) is 24.7 Å². The summed E-state index contributed by atoms with van der Waals surface area (Å²) in [7, 11) is -4.74. The summed E-state index contributed by atoms with van der Waals surface area (Å²) in [5.41, 5.74) is 6.02. The number of amides is 2. The first-order valence-electron chi connectivity index (χ1n) is 7.53. The van der Waals surface area contributed by atoms with E-state index >= 15 is 0 Å². The Morgan fingerprint density at radius 3 is 2.87 bits per heavy atom. The van der Waals surface area contributed by atoms with Crippen molar-refractivity contribution in [3.8, 4) is 0 Å². The maximum Gasteiger partial charge on any atom is 0.418 e. The van der Waals surface area contributed by atoms with E-state index in [4.69, 9.17) is 15.0 Å². The molecule has 0 radical (unpaired) electrons. The lowest BCUT2D eigenvalue weighted by Crippen LogP contribution is -2.48. The average Bonchev–Trinajstić information content (AvgIpc) is 3.08. The second-order valence-corrected chi connectivity index (χ2v) is 6.92. The first-order valence-corrected chi connectivity index (χ1v) is 8.90. The van der Waals surface area contributed by atoms with Crippen molar-refractivity contribution in [3.05, 3.63) is 0 Å². The van der Waals surface area contributed by atoms with Crippen LogP contribution in [0.3, 0.4) is 0 Å². The van der Waals surface area contributed by atoms with Gasteiger partial charge in [0.1, 0.15) is 5.84 Å². The zero-order valence-electron chi connectivity index (χ0n) is 12.5. The summed E-state index contributed by atoms with van der Waals surface area (Å²) >= 11 is 0. The summed E-state index contributed by atoms with van der Waals surface area (Å²) in [4.78, 5) is 18.0. The Morgan fingerprint density at radius 1 is 1.43 bits per heavy atom. The van der Waals surface area contributed by atoms with E-state index in [1.54, 1.807) is 0 Å². The van der Waals surface area contributed by atoms with Gasteiger partial charge in [-0.2, -0.15) is 13.5 Å². The summed E-state index contributed by atoms with van der Waals surface area (Å²) in [6, 6.07) is -1.45. The lowest BCUT2D eigenvalue weighted by atomic mass is 10.00. The Morgan fingerprint density at radius 2 is 2.22 bits per heavy atom. The minimum atomic E-state index is -4.74. The molecule has 0 saturated carbocycles. The van der Waals surface area contributed by atoms with Gasteiger partial charge in [0.25, 0.3) is 0 Å². The highest BCUT2D eigenvalue weighted by molar-refractivity contribution is 7.80. The van der Waals surface area contributed by atoms with Crippen molar-refractivity contribution in [1.82, 2.24) is 9.96 Å². The first kappa shape index (κ1) is 16.4. The molecule has 2 amide bonds. The zero-order chi connectivity index (χ0) is 16.6. The fourth-order valence-corrected chi connectivity index (χ4v) is 3.63. The fraction of sp³-hybridized carbons (Fsp3) is 0.833. The number of aliphatic imine (C=N–C) groups is 1. The van der Waals surface area contributed by atoms with Crippen LogP contribution in [-0.2, 0) is 19.4 Å². The number of carbonyl (C=O) groups is 1. The van der Waals surface area contributed by atoms with Crippen molar-refractivity contribution in [3.63, 3.8) is 0 Å². The van der Waals surface area contributed by atoms with Gasteiger partial charge < -0.3 is 15.4 Å². The third-order valence-electron chi connectivity index (χ3n) is 4.34. The van der Waals surface area contributed by atoms with Crippen LogP contribution in [0.5, 0.6) is 0 Å². The molecule has 130 valence electrons. The lowest BCUT2D eigenvalue weighted by Gasteiger charge is -2.29. The monoisotopic (exact) mass is 348 g/mol. The van der Waals surface area contributed by atoms with Crippen LogP contribution in [0.25, 0.3) is 0 Å². The number of rotatable bonds is 5. The molecule has 3 rings (SSSR count). The number of nitrogens with two attached hydrogens (primary N) is 1. The van der Waals surface area contributed by atoms with Gasteiger partial charge in [0.15, 0.2) is 0 Å². The van der Waals surface area contributed by atoms with Crippen molar-refractivity contribution in [2.75, 3.05) is 19.7 Å². The van der Waals surface area contributed by atoms with Gasteiger partial charge >= 0.3 is 16.4 Å². The highest BCUT2D eigenvalue weighted by Gasteiger charge is 2.48. The number of nitrogens with zero attached hydrogens (tertiary/aromatic N) is 3. The Kier molecular flexibility index (Phi) is 4.45. The standard InChI is InChI=1S/C12H20N4O6S/c13-11(14-6-9-2-1-5-21-9)10-4-3-8-7-15(10)12(17)16(8)22-23(18,19)20/h8-10H,1-7H2,(H2,13,14)(H,18,19,20)/t8-,9?,10+/m1/s1. The Hall–Kier alpha value is -1.43. The van der Waals surface area contributed by atoms with Crippen LogP contribution in [-0.4, -0.2) is 72.7 Å². The van der Waals surface area contributed by atoms with Gasteiger partial charge in [0, 0.05) is 13.2 Å². The normalized spacial score (nSPS) is 32.0. The van der Waals surface area contributed by atoms with Crippen LogP contribution in [0.1, 0.15) is 25.7 Å². The first-order chi connectivity index (χ1) is 10.8. The van der Waals surface area contributed by atoms with Crippen molar-refractivity contribution >= 4 is 22.3 Å². The number of amidine groups is 1. The summed E-state index contributed by atoms with van der Waals surface area (Å²) in [6.45, 7) is 1.48. The van der Waals surface area contributed by atoms with Gasteiger partial charge in [-0.1, -0.05) is 0 Å². The molecule has 0 aliphatic carbocycles. The second-order valence-electron chi connectivity index (χ2n) is 5.91. The number of urea groups is 1. The summed E-state index contributed by atoms with van der Waals surface area (Å²) in [5, 5.41) is 0.697. The molecule has 0 aromatic carbocycles. The van der Waals surface area contributed by atoms with Crippen molar-refractivity contribution < 1.29 is 26.8 Å². The minimum Gasteiger partial charge on any atom is -0.386 e. The molecule has 3 saturated heterocycles. The van der Waals surface area contributed by atoms with E-state index < -0.39 is 28.5 Å². The molecular formula is C12H20N4O6S. The predicted octanol–water partition coefficient (Wildman–Crippen LogP) is -0.474. The van der Waals surface area contributed by atoms with Gasteiger partial charge in [-0.05, 0) is 25.7 Å². The number of ether oxygens (including phenoxy) is 1. The molecule has 3 atom stereocenters. The van der Waals surface area contributed by atoms with Gasteiger partial charge in [0.2, 0.25) is 0 Å². The number of carbonyl (C=O) groups excluding carboxylic acids is 1. The van der Waals surface area contributed by atoms with Gasteiger partial charge in [-0.3, -0.25) is 9.55 Å². The van der Waals surface area contributed by atoms with Crippen LogP contribution in [0.15, 0.2) is 4.99 Å². The van der Waals surface area contributed by atoms with Crippen LogP contribution < -0.4 is 5.73 Å². The maximum atomic E-state index is 12.3. The minimum absolute atomic E-state index is 0.0681. The molecule has 2 bridgehead atoms. The second kappa shape index (κ2) is 6.23. The van der Waals surface area contributed by atoms with Crippen molar-refractivity contribution in [2.45, 2.75) is 43.9 Å². The number of hydroxylamine groups is 2. The van der Waals surface area contributed by atoms with E-state index in [1.807, 2.05) is 0 Å². The maximum absolute atomic E-state index is 12.3. The molecule has 23 heavy (non-hydrogen) atoms. The Bertz CT molecular complexity index is 603. The third kappa shape index (κ3) is 3.57. The smallest absolute Gasteiger partial charge is 0.386 e. The number of hydrogen-bond acceptors (Lipinski definition) is 6. The molecule has 1 unspecified atom stereocenters. The lowest BCUT2D eigenvalue weighted by molar-refractivity contribution is -0.0316. The van der Waals surface area contributed by atoms with E-state index in [0.29, 0.717) is 30.3 Å². The van der Waals surface area contributed by atoms with Gasteiger partial charge in [-0.15, -0.1) is 4.28 Å². The Labute approximate surface area is 134 Å². The number of hydrogen-bond donors (Lipinski definition) is 2. The van der Waals surface area contributed by atoms with Crippen LogP contribution in [0.2, 0.25) is 0 Å². The molecule has 3 heterocycles. The van der Waals surface area contributed by atoms with E-state index in [-0.39, 0.29) is 12.6 Å². The van der Waals surface area contributed by atoms with E-state index in [2.05, 4.69) is 9.28 Å². The van der Waals surface area contributed by atoms with Gasteiger partial charge in [-0.25, -0.2) is 4.79 Å². The molecule has 0 aromatic rings. The van der Waals surface area contributed by atoms with Crippen molar-refractivity contribution in [2.24, 2.45) is 10.7 Å². The van der Waals surface area contributed by atoms with Crippen LogP contribution in [0, 0.1) is 0 Å². The van der Waals surface area contributed by atoms with Crippen molar-refractivity contribution in [1.29, 1.82) is 0 Å². The SMILES string of the molecule is NC(=NCC1CCCO1)[C@@H]1CC[C@@H]2CN1C(=O)N2OS(=O)(=O)O. The number of fused-ring (bicyclic) bond motifs is 2. The summed E-state index contributed by atoms with van der Waals surface area (Å²) in [5.74, 6) is 0.334. The third-order valence-corrected chi connectivity index (χ3v) is 4.69. The van der Waals surface area contributed by atoms with Crippen LogP contribution >= 0.6 is 0 Å². The molecule has 10 nitrogen and oxygen atoms in total. The highest BCUT2D eigenvalue weighted by Crippen LogP contribution is 2.30. The zero-order valence-corrected chi connectivity index (χ0v) is 13.3. The quantitative estimate of drug-likeness (QED) is 0.389. The molecule has 3 aliphatic heterocycles.